The second-order valence-electron chi connectivity index (χ2n) is 9.33. The first kappa shape index (κ1) is 22.9. The lowest BCUT2D eigenvalue weighted by atomic mass is 9.65. The Morgan fingerprint density at radius 3 is 1.40 bits per heavy atom. The average Bonchev–Trinajstić information content (AvgIpc) is 2.78. The van der Waals surface area contributed by atoms with Crippen molar-refractivity contribution in [3.63, 3.8) is 0 Å². The number of anilines is 2. The molecule has 1 aliphatic rings. The molecule has 1 nitrogen and oxygen atoms in total. The summed E-state index contributed by atoms with van der Waals surface area (Å²) in [6, 6.07) is 18.2. The van der Waals surface area contributed by atoms with Gasteiger partial charge >= 0.3 is 0 Å². The van der Waals surface area contributed by atoms with Crippen molar-refractivity contribution < 1.29 is 0 Å². The third kappa shape index (κ3) is 5.68. The van der Waals surface area contributed by atoms with E-state index in [0.29, 0.717) is 0 Å². The predicted octanol–water partition coefficient (Wildman–Crippen LogP) is 9.53. The first-order valence-electron chi connectivity index (χ1n) is 12.8. The van der Waals surface area contributed by atoms with E-state index in [2.05, 4.69) is 67.7 Å². The molecule has 2 aromatic carbocycles. The summed E-state index contributed by atoms with van der Waals surface area (Å²) in [6.07, 6.45) is 19.0. The quantitative estimate of drug-likeness (QED) is 0.308. The fourth-order valence-corrected chi connectivity index (χ4v) is 5.39. The molecule has 164 valence electrons. The van der Waals surface area contributed by atoms with E-state index in [1.54, 1.807) is 0 Å². The number of para-hydroxylation sites is 2. The third-order valence-corrected chi connectivity index (χ3v) is 7.07. The summed E-state index contributed by atoms with van der Waals surface area (Å²) < 4.78 is 0. The maximum atomic E-state index is 3.73. The molecule has 0 saturated heterocycles. The van der Waals surface area contributed by atoms with E-state index in [4.69, 9.17) is 0 Å². The second-order valence-corrected chi connectivity index (χ2v) is 9.33. The van der Waals surface area contributed by atoms with Crippen molar-refractivity contribution >= 4 is 11.4 Å². The van der Waals surface area contributed by atoms with Crippen LogP contribution >= 0.6 is 0 Å². The zero-order valence-corrected chi connectivity index (χ0v) is 19.5. The Hall–Kier alpha value is -1.76. The molecule has 30 heavy (non-hydrogen) atoms. The summed E-state index contributed by atoms with van der Waals surface area (Å²) >= 11 is 0. The monoisotopic (exact) mass is 405 g/mol. The van der Waals surface area contributed by atoms with E-state index < -0.39 is 0 Å². The van der Waals surface area contributed by atoms with Gasteiger partial charge in [0, 0.05) is 16.8 Å². The minimum atomic E-state index is 0.175. The summed E-state index contributed by atoms with van der Waals surface area (Å²) in [5.74, 6) is 0. The zero-order chi connectivity index (χ0) is 21.1. The van der Waals surface area contributed by atoms with Crippen LogP contribution in [0.2, 0.25) is 0 Å². The first-order valence-corrected chi connectivity index (χ1v) is 12.8. The summed E-state index contributed by atoms with van der Waals surface area (Å²) in [6.45, 7) is 4.61. The molecule has 0 atom stereocenters. The number of fused-ring (bicyclic) bond motifs is 2. The van der Waals surface area contributed by atoms with E-state index in [-0.39, 0.29) is 5.41 Å². The first-order chi connectivity index (χ1) is 14.8. The molecule has 0 radical (unpaired) electrons. The molecule has 0 aromatic heterocycles. The largest absolute Gasteiger partial charge is 0.355 e. The molecule has 0 aliphatic carbocycles. The average molecular weight is 406 g/mol. The molecule has 0 amide bonds. The van der Waals surface area contributed by atoms with E-state index >= 15 is 0 Å². The van der Waals surface area contributed by atoms with Gasteiger partial charge in [-0.15, -0.1) is 0 Å². The summed E-state index contributed by atoms with van der Waals surface area (Å²) in [5, 5.41) is 3.73. The van der Waals surface area contributed by atoms with E-state index in [1.165, 1.54) is 112 Å². The van der Waals surface area contributed by atoms with Crippen LogP contribution in [-0.2, 0) is 5.41 Å². The smallest absolute Gasteiger partial charge is 0.0426 e. The fraction of sp³-hybridized carbons (Fsp3) is 0.586. The number of hydrogen-bond acceptors (Lipinski definition) is 1. The van der Waals surface area contributed by atoms with Crippen LogP contribution in [0.4, 0.5) is 11.4 Å². The SMILES string of the molecule is CCCCCCCCC1(CCCCCCCC)c2ccccc2Nc2ccccc21. The van der Waals surface area contributed by atoms with Crippen LogP contribution in [0, 0.1) is 0 Å². The molecule has 0 saturated carbocycles. The highest BCUT2D eigenvalue weighted by atomic mass is 14.9. The molecule has 0 spiro atoms. The normalized spacial score (nSPS) is 14.1. The predicted molar refractivity (Wildman–Crippen MR) is 133 cm³/mol. The van der Waals surface area contributed by atoms with Gasteiger partial charge in [0.25, 0.3) is 0 Å². The van der Waals surface area contributed by atoms with Crippen LogP contribution in [0.25, 0.3) is 0 Å². The van der Waals surface area contributed by atoms with Crippen LogP contribution in [0.5, 0.6) is 0 Å². The standard InChI is InChI=1S/C29H43N/c1-3-5-7-9-11-17-23-29(24-18-12-10-8-6-4-2)25-19-13-15-21-27(25)30-28-22-16-14-20-26(28)29/h13-16,19-22,30H,3-12,17-18,23-24H2,1-2H3. The van der Waals surface area contributed by atoms with Crippen molar-refractivity contribution in [2.75, 3.05) is 5.32 Å². The third-order valence-electron chi connectivity index (χ3n) is 7.07. The summed E-state index contributed by atoms with van der Waals surface area (Å²) in [7, 11) is 0. The molecule has 0 unspecified atom stereocenters. The molecule has 1 heteroatoms. The van der Waals surface area contributed by atoms with Gasteiger partial charge in [-0.1, -0.05) is 127 Å². The lowest BCUT2D eigenvalue weighted by molar-refractivity contribution is 0.390. The lowest BCUT2D eigenvalue weighted by Gasteiger charge is -2.42. The number of rotatable bonds is 14. The van der Waals surface area contributed by atoms with E-state index in [1.807, 2.05) is 0 Å². The highest BCUT2D eigenvalue weighted by Crippen LogP contribution is 2.51. The Balaban J connectivity index is 1.79. The number of benzene rings is 2. The van der Waals surface area contributed by atoms with E-state index in [0.717, 1.165) is 0 Å². The summed E-state index contributed by atoms with van der Waals surface area (Å²) in [4.78, 5) is 0. The number of nitrogens with one attached hydrogen (secondary N) is 1. The van der Waals surface area contributed by atoms with Gasteiger partial charge in [-0.3, -0.25) is 0 Å². The van der Waals surface area contributed by atoms with Crippen LogP contribution in [0.3, 0.4) is 0 Å². The summed E-state index contributed by atoms with van der Waals surface area (Å²) in [5.41, 5.74) is 5.89. The Kier molecular flexibility index (Phi) is 9.30. The molecular weight excluding hydrogens is 362 g/mol. The van der Waals surface area contributed by atoms with Crippen LogP contribution in [-0.4, -0.2) is 0 Å². The van der Waals surface area contributed by atoms with Crippen molar-refractivity contribution in [2.45, 2.75) is 109 Å². The van der Waals surface area contributed by atoms with Crippen molar-refractivity contribution in [1.29, 1.82) is 0 Å². The highest BCUT2D eigenvalue weighted by Gasteiger charge is 2.39. The van der Waals surface area contributed by atoms with Gasteiger partial charge in [0.1, 0.15) is 0 Å². The topological polar surface area (TPSA) is 12.0 Å². The zero-order valence-electron chi connectivity index (χ0n) is 19.5. The van der Waals surface area contributed by atoms with Gasteiger partial charge in [0.15, 0.2) is 0 Å². The van der Waals surface area contributed by atoms with Gasteiger partial charge in [-0.05, 0) is 36.1 Å². The van der Waals surface area contributed by atoms with Gasteiger partial charge < -0.3 is 5.32 Å². The highest BCUT2D eigenvalue weighted by molar-refractivity contribution is 5.75. The minimum absolute atomic E-state index is 0.175. The van der Waals surface area contributed by atoms with Crippen molar-refractivity contribution in [1.82, 2.24) is 0 Å². The van der Waals surface area contributed by atoms with Crippen molar-refractivity contribution in [2.24, 2.45) is 0 Å². The molecule has 3 rings (SSSR count). The number of unbranched alkanes of at least 4 members (excludes halogenated alkanes) is 10. The maximum absolute atomic E-state index is 3.73. The van der Waals surface area contributed by atoms with Crippen molar-refractivity contribution in [3.8, 4) is 0 Å². The lowest BCUT2D eigenvalue weighted by Crippen LogP contribution is -2.32. The Morgan fingerprint density at radius 1 is 0.533 bits per heavy atom. The fourth-order valence-electron chi connectivity index (χ4n) is 5.39. The maximum Gasteiger partial charge on any atom is 0.0426 e. The Bertz CT molecular complexity index is 684. The van der Waals surface area contributed by atoms with Gasteiger partial charge in [0.2, 0.25) is 0 Å². The van der Waals surface area contributed by atoms with Crippen LogP contribution in [0.15, 0.2) is 48.5 Å². The van der Waals surface area contributed by atoms with Gasteiger partial charge in [-0.2, -0.15) is 0 Å². The molecule has 2 aromatic rings. The molecule has 0 bridgehead atoms. The molecule has 1 aliphatic heterocycles. The molecular formula is C29H43N. The Morgan fingerprint density at radius 2 is 0.933 bits per heavy atom. The van der Waals surface area contributed by atoms with Gasteiger partial charge in [0.05, 0.1) is 0 Å². The Labute approximate surface area is 185 Å². The van der Waals surface area contributed by atoms with Crippen LogP contribution < -0.4 is 5.32 Å². The number of hydrogen-bond donors (Lipinski definition) is 1. The van der Waals surface area contributed by atoms with Crippen molar-refractivity contribution in [3.05, 3.63) is 59.7 Å². The molecule has 1 heterocycles. The van der Waals surface area contributed by atoms with E-state index in [9.17, 15) is 0 Å². The molecule has 1 N–H and O–H groups in total. The minimum Gasteiger partial charge on any atom is -0.355 e. The van der Waals surface area contributed by atoms with Gasteiger partial charge in [-0.25, -0.2) is 0 Å². The van der Waals surface area contributed by atoms with Crippen LogP contribution in [0.1, 0.15) is 115 Å². The molecule has 0 fully saturated rings. The second kappa shape index (κ2) is 12.2.